The fourth-order valence-electron chi connectivity index (χ4n) is 2.59. The van der Waals surface area contributed by atoms with Crippen LogP contribution in [0.1, 0.15) is 6.23 Å². The number of phenolic OH excluding ortho intramolecular Hbond substituents is 3. The van der Waals surface area contributed by atoms with E-state index in [4.69, 9.17) is 4.74 Å². The molecule has 1 aliphatic heterocycles. The molecule has 136 valence electrons. The van der Waals surface area contributed by atoms with Crippen molar-refractivity contribution >= 4 is 0 Å². The molecule has 0 saturated carbocycles. The Morgan fingerprint density at radius 1 is 1.00 bits per heavy atom. The van der Waals surface area contributed by atoms with Gasteiger partial charge in [-0.15, -0.1) is 5.10 Å². The van der Waals surface area contributed by atoms with Gasteiger partial charge in [0.25, 0.3) is 0 Å². The highest BCUT2D eigenvalue weighted by molar-refractivity contribution is 5.66. The van der Waals surface area contributed by atoms with Crippen molar-refractivity contribution < 1.29 is 40.5 Å². The largest absolute Gasteiger partial charge is 0.504 e. The van der Waals surface area contributed by atoms with Crippen molar-refractivity contribution in [1.29, 1.82) is 0 Å². The van der Waals surface area contributed by atoms with Gasteiger partial charge in [0, 0.05) is 5.56 Å². The van der Waals surface area contributed by atoms with Gasteiger partial charge in [0.1, 0.15) is 30.1 Å². The zero-order chi connectivity index (χ0) is 18.3. The molecule has 1 aliphatic rings. The number of aliphatic hydroxyl groups excluding tert-OH is 4. The van der Waals surface area contributed by atoms with E-state index in [2.05, 4.69) is 10.3 Å². The molecule has 11 nitrogen and oxygen atoms in total. The van der Waals surface area contributed by atoms with E-state index in [-0.39, 0.29) is 11.3 Å². The standard InChI is InChI=1S/C14H17N3O8/c18-4-9-11(22)12(23)13(24)14(25-9)17-3-6(15-16-17)5-1-7(19)10(21)8(20)2-5/h1-3,9,11-14,18-24H,4H2/t9-,11-,12+,13-,14-/m1/s1. The molecule has 7 N–H and O–H groups in total. The maximum atomic E-state index is 10.1. The smallest absolute Gasteiger partial charge is 0.200 e. The second kappa shape index (κ2) is 6.46. The molecular weight excluding hydrogens is 338 g/mol. The summed E-state index contributed by atoms with van der Waals surface area (Å²) in [6, 6.07) is 2.30. The molecule has 1 aromatic heterocycles. The van der Waals surface area contributed by atoms with Crippen molar-refractivity contribution in [2.45, 2.75) is 30.6 Å². The molecule has 1 fully saturated rings. The predicted molar refractivity (Wildman–Crippen MR) is 79.5 cm³/mol. The molecule has 0 radical (unpaired) electrons. The summed E-state index contributed by atoms with van der Waals surface area (Å²) in [6.45, 7) is -0.581. The molecule has 0 spiro atoms. The maximum absolute atomic E-state index is 10.1. The van der Waals surface area contributed by atoms with Crippen LogP contribution in [0.15, 0.2) is 18.3 Å². The van der Waals surface area contributed by atoms with E-state index in [0.717, 1.165) is 16.8 Å². The van der Waals surface area contributed by atoms with Crippen molar-refractivity contribution in [3.05, 3.63) is 18.3 Å². The van der Waals surface area contributed by atoms with E-state index >= 15 is 0 Å². The lowest BCUT2D eigenvalue weighted by Crippen LogP contribution is -2.56. The third-order valence-electron chi connectivity index (χ3n) is 4.00. The Morgan fingerprint density at radius 3 is 2.24 bits per heavy atom. The lowest BCUT2D eigenvalue weighted by Gasteiger charge is -2.39. The molecule has 3 rings (SSSR count). The zero-order valence-electron chi connectivity index (χ0n) is 12.7. The van der Waals surface area contributed by atoms with Crippen LogP contribution in [-0.4, -0.2) is 81.8 Å². The van der Waals surface area contributed by atoms with Crippen molar-refractivity contribution in [3.63, 3.8) is 0 Å². The maximum Gasteiger partial charge on any atom is 0.200 e. The lowest BCUT2D eigenvalue weighted by atomic mass is 9.98. The van der Waals surface area contributed by atoms with E-state index in [0.29, 0.717) is 0 Å². The quantitative estimate of drug-likeness (QED) is 0.305. The first-order valence-electron chi connectivity index (χ1n) is 7.31. The van der Waals surface area contributed by atoms with Gasteiger partial charge in [-0.2, -0.15) is 0 Å². The van der Waals surface area contributed by atoms with Crippen LogP contribution in [0.5, 0.6) is 17.2 Å². The van der Waals surface area contributed by atoms with Crippen LogP contribution in [0, 0.1) is 0 Å². The minimum atomic E-state index is -1.56. The number of benzene rings is 1. The van der Waals surface area contributed by atoms with E-state index in [1.807, 2.05) is 0 Å². The number of hydrogen-bond donors (Lipinski definition) is 7. The van der Waals surface area contributed by atoms with E-state index in [9.17, 15) is 35.7 Å². The Bertz CT molecular complexity index is 741. The average Bonchev–Trinajstić information content (AvgIpc) is 3.07. The third-order valence-corrected chi connectivity index (χ3v) is 4.00. The summed E-state index contributed by atoms with van der Waals surface area (Å²) >= 11 is 0. The number of hydrogen-bond acceptors (Lipinski definition) is 10. The number of ether oxygens (including phenoxy) is 1. The van der Waals surface area contributed by atoms with Gasteiger partial charge in [0.2, 0.25) is 0 Å². The second-order valence-corrected chi connectivity index (χ2v) is 5.67. The average molecular weight is 355 g/mol. The number of phenols is 3. The van der Waals surface area contributed by atoms with E-state index < -0.39 is 54.5 Å². The summed E-state index contributed by atoms with van der Waals surface area (Å²) in [5.41, 5.74) is 0.395. The molecule has 0 unspecified atom stereocenters. The summed E-state index contributed by atoms with van der Waals surface area (Å²) in [5.74, 6) is -1.79. The summed E-state index contributed by atoms with van der Waals surface area (Å²) in [6.07, 6.45) is -5.61. The molecule has 0 bridgehead atoms. The molecule has 1 aromatic carbocycles. The number of aliphatic hydroxyl groups is 4. The first-order chi connectivity index (χ1) is 11.8. The van der Waals surface area contributed by atoms with Gasteiger partial charge in [0.05, 0.1) is 12.8 Å². The van der Waals surface area contributed by atoms with Gasteiger partial charge < -0.3 is 40.5 Å². The van der Waals surface area contributed by atoms with Crippen LogP contribution in [0.4, 0.5) is 0 Å². The van der Waals surface area contributed by atoms with E-state index in [1.54, 1.807) is 0 Å². The van der Waals surface area contributed by atoms with Crippen molar-refractivity contribution in [2.24, 2.45) is 0 Å². The Kier molecular flexibility index (Phi) is 4.49. The van der Waals surface area contributed by atoms with Crippen LogP contribution in [0.3, 0.4) is 0 Å². The van der Waals surface area contributed by atoms with Crippen LogP contribution in [0.25, 0.3) is 11.3 Å². The third kappa shape index (κ3) is 2.99. The Balaban J connectivity index is 1.91. The summed E-state index contributed by atoms with van der Waals surface area (Å²) in [4.78, 5) is 0. The summed E-state index contributed by atoms with van der Waals surface area (Å²) in [5, 5.41) is 74.9. The van der Waals surface area contributed by atoms with Crippen molar-refractivity contribution in [3.8, 4) is 28.5 Å². The van der Waals surface area contributed by atoms with Gasteiger partial charge in [-0.25, -0.2) is 4.68 Å². The topological polar surface area (TPSA) is 182 Å². The van der Waals surface area contributed by atoms with Gasteiger partial charge in [-0.3, -0.25) is 0 Å². The number of rotatable bonds is 3. The molecule has 2 heterocycles. The molecule has 25 heavy (non-hydrogen) atoms. The minimum Gasteiger partial charge on any atom is -0.504 e. The summed E-state index contributed by atoms with van der Waals surface area (Å²) in [7, 11) is 0. The number of aromatic hydroxyl groups is 3. The highest BCUT2D eigenvalue weighted by atomic mass is 16.6. The Labute approximate surface area is 140 Å². The first-order valence-corrected chi connectivity index (χ1v) is 7.31. The second-order valence-electron chi connectivity index (χ2n) is 5.67. The van der Waals surface area contributed by atoms with Gasteiger partial charge in [-0.1, -0.05) is 5.21 Å². The zero-order valence-corrected chi connectivity index (χ0v) is 12.7. The van der Waals surface area contributed by atoms with Crippen molar-refractivity contribution in [1.82, 2.24) is 15.0 Å². The normalized spacial score (nSPS) is 29.7. The first kappa shape index (κ1) is 17.4. The van der Waals surface area contributed by atoms with Crippen LogP contribution in [0.2, 0.25) is 0 Å². The van der Waals surface area contributed by atoms with Crippen LogP contribution >= 0.6 is 0 Å². The molecule has 5 atom stereocenters. The minimum absolute atomic E-state index is 0.169. The van der Waals surface area contributed by atoms with E-state index in [1.165, 1.54) is 6.20 Å². The molecule has 2 aromatic rings. The highest BCUT2D eigenvalue weighted by Gasteiger charge is 2.44. The molecule has 0 amide bonds. The summed E-state index contributed by atoms with van der Waals surface area (Å²) < 4.78 is 6.41. The molecule has 0 aliphatic carbocycles. The SMILES string of the molecule is OC[C@H]1O[C@@H](n2cc(-c3cc(O)c(O)c(O)c3)nn2)[C@H](O)[C@@H](O)[C@@H]1O. The van der Waals surface area contributed by atoms with Gasteiger partial charge in [0.15, 0.2) is 23.5 Å². The number of nitrogens with zero attached hydrogens (tertiary/aromatic N) is 3. The highest BCUT2D eigenvalue weighted by Crippen LogP contribution is 2.38. The van der Waals surface area contributed by atoms with Crippen LogP contribution < -0.4 is 0 Å². The molecule has 1 saturated heterocycles. The van der Waals surface area contributed by atoms with Gasteiger partial charge >= 0.3 is 0 Å². The fraction of sp³-hybridized carbons (Fsp3) is 0.429. The Morgan fingerprint density at radius 2 is 1.64 bits per heavy atom. The molecular formula is C14H17N3O8. The van der Waals surface area contributed by atoms with Gasteiger partial charge in [-0.05, 0) is 12.1 Å². The molecule has 11 heteroatoms. The number of aromatic nitrogens is 3. The lowest BCUT2D eigenvalue weighted by molar-refractivity contribution is -0.254. The predicted octanol–water partition coefficient (Wildman–Crippen LogP) is -1.97. The fourth-order valence-corrected chi connectivity index (χ4v) is 2.59. The van der Waals surface area contributed by atoms with Crippen LogP contribution in [-0.2, 0) is 4.74 Å². The Hall–Kier alpha value is -2.44. The monoisotopic (exact) mass is 355 g/mol. The van der Waals surface area contributed by atoms with Crippen molar-refractivity contribution in [2.75, 3.05) is 6.61 Å².